The first-order chi connectivity index (χ1) is 19.4. The number of aromatic nitrogens is 6. The summed E-state index contributed by atoms with van der Waals surface area (Å²) in [5, 5.41) is 39.1. The van der Waals surface area contributed by atoms with Crippen LogP contribution in [0.1, 0.15) is 70.0 Å². The number of ether oxygens (including phenoxy) is 1. The molecule has 0 saturated carbocycles. The van der Waals surface area contributed by atoms with E-state index in [4.69, 9.17) is 29.1 Å². The molecule has 3 aromatic rings. The van der Waals surface area contributed by atoms with E-state index in [-0.39, 0.29) is 18.4 Å². The topological polar surface area (TPSA) is 197 Å². The largest absolute Gasteiger partial charge is 0.483 e. The molecule has 5 heterocycles. The fourth-order valence-corrected chi connectivity index (χ4v) is 5.00. The molecule has 5 N–H and O–H groups in total. The molecule has 0 radical (unpaired) electrons. The number of aryl methyl sites for hydroxylation is 1. The van der Waals surface area contributed by atoms with Crippen LogP contribution in [0.15, 0.2) is 10.9 Å². The van der Waals surface area contributed by atoms with E-state index in [2.05, 4.69) is 44.5 Å². The van der Waals surface area contributed by atoms with Crippen molar-refractivity contribution in [3.05, 3.63) is 18.0 Å². The minimum atomic E-state index is -1.26. The van der Waals surface area contributed by atoms with Crippen molar-refractivity contribution in [3.8, 4) is 0 Å². The highest BCUT2D eigenvalue weighted by atomic mass is 16.6. The molecule has 3 aromatic heterocycles. The zero-order chi connectivity index (χ0) is 28.6. The second-order valence-electron chi connectivity index (χ2n) is 9.92. The number of nitrogens with zero attached hydrogens (tertiary/aromatic N) is 7. The predicted octanol–water partition coefficient (Wildman–Crippen LogP) is 1.71. The summed E-state index contributed by atoms with van der Waals surface area (Å²) in [6.07, 6.45) is 2.77. The molecule has 220 valence electrons. The van der Waals surface area contributed by atoms with Crippen LogP contribution in [0.25, 0.3) is 11.2 Å². The number of anilines is 2. The lowest BCUT2D eigenvalue weighted by atomic mass is 10.1. The van der Waals surface area contributed by atoms with Crippen LogP contribution in [-0.4, -0.2) is 101 Å². The maximum Gasteiger partial charge on any atom is 0.290 e. The second kappa shape index (κ2) is 13.8. The standard InChI is InChI=1S/C24H37N9O4.CH2O2/c1-4-15(5-2)28-20-16-21(30-24(29-20)25-9-12-32-10-7-6-8-11-32)33(13-26-16)23-18(35)17(34)19(36-23)22-27-14(3)31-37-22;2-1-3/h13,15,17-19,23,34-35H,4-12H2,1-3H3,(H2,25,28,29,30);1H,(H,2,3)/t17-,18+,19-,23+;/m0./s1. The Morgan fingerprint density at radius 1 is 1.12 bits per heavy atom. The molecular weight excluding hydrogens is 522 g/mol. The summed E-state index contributed by atoms with van der Waals surface area (Å²) in [6, 6.07) is 0.227. The van der Waals surface area contributed by atoms with E-state index < -0.39 is 24.5 Å². The number of nitrogens with one attached hydrogen (secondary N) is 2. The van der Waals surface area contributed by atoms with Crippen molar-refractivity contribution in [1.82, 2.24) is 34.6 Å². The molecule has 5 rings (SSSR count). The molecule has 15 heteroatoms. The smallest absolute Gasteiger partial charge is 0.290 e. The normalized spacial score (nSPS) is 23.2. The molecule has 2 fully saturated rings. The van der Waals surface area contributed by atoms with Gasteiger partial charge in [0, 0.05) is 19.1 Å². The number of imidazole rings is 1. The maximum atomic E-state index is 10.9. The van der Waals surface area contributed by atoms with Crippen molar-refractivity contribution in [2.45, 2.75) is 83.5 Å². The Bertz CT molecular complexity index is 1230. The van der Waals surface area contributed by atoms with Crippen LogP contribution in [0.3, 0.4) is 0 Å². The first kappa shape index (κ1) is 29.6. The average Bonchev–Trinajstić information content (AvgIpc) is 3.66. The van der Waals surface area contributed by atoms with Gasteiger partial charge in [-0.25, -0.2) is 4.98 Å². The molecule has 0 aliphatic carbocycles. The Hall–Kier alpha value is -3.40. The average molecular weight is 562 g/mol. The van der Waals surface area contributed by atoms with Crippen molar-refractivity contribution in [2.75, 3.05) is 36.8 Å². The van der Waals surface area contributed by atoms with Gasteiger partial charge >= 0.3 is 0 Å². The zero-order valence-corrected chi connectivity index (χ0v) is 23.1. The predicted molar refractivity (Wildman–Crippen MR) is 145 cm³/mol. The number of piperidine rings is 1. The SMILES string of the molecule is CCC(CC)Nc1nc(NCCN2CCCCC2)nc2c1ncn2[C@@H]1O[C@H](c2nc(C)no2)[C@@H](O)[C@H]1O.O=CO. The Morgan fingerprint density at radius 2 is 1.85 bits per heavy atom. The number of carbonyl (C=O) groups is 1. The van der Waals surface area contributed by atoms with E-state index in [0.29, 0.717) is 35.3 Å². The summed E-state index contributed by atoms with van der Waals surface area (Å²) in [6.45, 7) is 9.54. The lowest BCUT2D eigenvalue weighted by molar-refractivity contribution is -0.122. The fourth-order valence-electron chi connectivity index (χ4n) is 5.00. The van der Waals surface area contributed by atoms with Crippen molar-refractivity contribution in [3.63, 3.8) is 0 Å². The maximum absolute atomic E-state index is 10.9. The van der Waals surface area contributed by atoms with Gasteiger partial charge in [0.05, 0.1) is 6.33 Å². The van der Waals surface area contributed by atoms with Crippen molar-refractivity contribution >= 4 is 29.4 Å². The van der Waals surface area contributed by atoms with Gasteiger partial charge in [-0.2, -0.15) is 15.0 Å². The van der Waals surface area contributed by atoms with E-state index >= 15 is 0 Å². The number of fused-ring (bicyclic) bond motifs is 1. The zero-order valence-electron chi connectivity index (χ0n) is 23.1. The molecular formula is C25H39N9O6. The van der Waals surface area contributed by atoms with E-state index in [9.17, 15) is 10.2 Å². The highest BCUT2D eigenvalue weighted by Gasteiger charge is 2.47. The monoisotopic (exact) mass is 561 g/mol. The molecule has 0 aromatic carbocycles. The number of likely N-dealkylation sites (tertiary alicyclic amines) is 1. The molecule has 2 aliphatic heterocycles. The van der Waals surface area contributed by atoms with E-state index in [1.54, 1.807) is 17.8 Å². The van der Waals surface area contributed by atoms with Gasteiger partial charge in [-0.15, -0.1) is 0 Å². The number of hydrogen-bond donors (Lipinski definition) is 5. The third-order valence-corrected chi connectivity index (χ3v) is 7.21. The minimum absolute atomic E-state index is 0.113. The Morgan fingerprint density at radius 3 is 2.50 bits per heavy atom. The Kier molecular flexibility index (Phi) is 10.2. The van der Waals surface area contributed by atoms with Gasteiger partial charge in [0.15, 0.2) is 35.1 Å². The highest BCUT2D eigenvalue weighted by Crippen LogP contribution is 2.39. The molecule has 40 heavy (non-hydrogen) atoms. The molecule has 2 saturated heterocycles. The van der Waals surface area contributed by atoms with Gasteiger partial charge in [0.1, 0.15) is 12.2 Å². The number of aliphatic hydroxyl groups is 2. The first-order valence-corrected chi connectivity index (χ1v) is 13.8. The van der Waals surface area contributed by atoms with Gasteiger partial charge in [0.2, 0.25) is 5.95 Å². The second-order valence-corrected chi connectivity index (χ2v) is 9.92. The van der Waals surface area contributed by atoms with Gasteiger partial charge in [0.25, 0.3) is 12.4 Å². The number of hydrogen-bond acceptors (Lipinski definition) is 13. The van der Waals surface area contributed by atoms with Crippen molar-refractivity contribution < 1.29 is 29.4 Å². The Labute approximate surface area is 232 Å². The Balaban J connectivity index is 0.00000118. The molecule has 2 aliphatic rings. The van der Waals surface area contributed by atoms with Gasteiger partial charge < -0.3 is 40.1 Å². The third kappa shape index (κ3) is 6.66. The van der Waals surface area contributed by atoms with Crippen LogP contribution in [0.4, 0.5) is 11.8 Å². The van der Waals surface area contributed by atoms with Gasteiger partial charge in [-0.05, 0) is 45.7 Å². The van der Waals surface area contributed by atoms with Crippen LogP contribution >= 0.6 is 0 Å². The van der Waals surface area contributed by atoms with E-state index in [1.165, 1.54) is 19.3 Å². The molecule has 0 bridgehead atoms. The van der Waals surface area contributed by atoms with Crippen molar-refractivity contribution in [1.29, 1.82) is 0 Å². The van der Waals surface area contributed by atoms with Gasteiger partial charge in [-0.3, -0.25) is 9.36 Å². The summed E-state index contributed by atoms with van der Waals surface area (Å²) in [5.74, 6) is 1.62. The quantitative estimate of drug-likeness (QED) is 0.224. The van der Waals surface area contributed by atoms with E-state index in [1.807, 2.05) is 0 Å². The lowest BCUT2D eigenvalue weighted by Gasteiger charge is -2.26. The summed E-state index contributed by atoms with van der Waals surface area (Å²) in [7, 11) is 0. The third-order valence-electron chi connectivity index (χ3n) is 7.21. The van der Waals surface area contributed by atoms with E-state index in [0.717, 1.165) is 32.5 Å². The number of rotatable bonds is 10. The minimum Gasteiger partial charge on any atom is -0.483 e. The fraction of sp³-hybridized carbons (Fsp3) is 0.680. The first-order valence-electron chi connectivity index (χ1n) is 13.8. The van der Waals surface area contributed by atoms with Crippen LogP contribution in [0.5, 0.6) is 0 Å². The molecule has 0 spiro atoms. The van der Waals surface area contributed by atoms with Crippen LogP contribution < -0.4 is 10.6 Å². The summed E-state index contributed by atoms with van der Waals surface area (Å²) in [5.41, 5.74) is 1.05. The summed E-state index contributed by atoms with van der Waals surface area (Å²) < 4.78 is 12.8. The number of carboxylic acid groups (broad SMARTS) is 1. The van der Waals surface area contributed by atoms with Crippen LogP contribution in [0.2, 0.25) is 0 Å². The van der Waals surface area contributed by atoms with Crippen molar-refractivity contribution in [2.24, 2.45) is 0 Å². The lowest BCUT2D eigenvalue weighted by Crippen LogP contribution is -2.34. The van der Waals surface area contributed by atoms with Crippen LogP contribution in [-0.2, 0) is 9.53 Å². The van der Waals surface area contributed by atoms with Gasteiger partial charge in [-0.1, -0.05) is 25.4 Å². The number of aliphatic hydroxyl groups excluding tert-OH is 2. The van der Waals surface area contributed by atoms with Crippen LogP contribution in [0, 0.1) is 6.92 Å². The molecule has 15 nitrogen and oxygen atoms in total. The molecule has 0 unspecified atom stereocenters. The molecule has 4 atom stereocenters. The highest BCUT2D eigenvalue weighted by molar-refractivity contribution is 5.84. The summed E-state index contributed by atoms with van der Waals surface area (Å²) in [4.78, 5) is 29.0. The molecule has 0 amide bonds. The summed E-state index contributed by atoms with van der Waals surface area (Å²) >= 11 is 0.